The fraction of sp³-hybridized carbons (Fsp3) is 0.0870. The maximum atomic E-state index is 13.9. The van der Waals surface area contributed by atoms with Gasteiger partial charge in [0.2, 0.25) is 0 Å². The van der Waals surface area contributed by atoms with Crippen LogP contribution in [0.5, 0.6) is 5.75 Å². The van der Waals surface area contributed by atoms with Crippen molar-refractivity contribution in [2.45, 2.75) is 6.92 Å². The van der Waals surface area contributed by atoms with Gasteiger partial charge in [-0.3, -0.25) is 4.79 Å². The van der Waals surface area contributed by atoms with E-state index in [9.17, 15) is 9.18 Å². The average Bonchev–Trinajstić information content (AvgIpc) is 3.19. The van der Waals surface area contributed by atoms with E-state index in [0.29, 0.717) is 39.4 Å². The van der Waals surface area contributed by atoms with Gasteiger partial charge in [0, 0.05) is 34.3 Å². The zero-order valence-corrected chi connectivity index (χ0v) is 16.3. The van der Waals surface area contributed by atoms with Crippen molar-refractivity contribution >= 4 is 16.6 Å². The number of fused-ring (bicyclic) bond motifs is 2. The molecule has 0 spiro atoms. The van der Waals surface area contributed by atoms with Gasteiger partial charge in [0.1, 0.15) is 11.6 Å². The molecule has 30 heavy (non-hydrogen) atoms. The minimum atomic E-state index is -0.381. The van der Waals surface area contributed by atoms with E-state index in [-0.39, 0.29) is 11.2 Å². The Labute approximate surface area is 170 Å². The number of hydrogen-bond acceptors (Lipinski definition) is 4. The first-order valence-electron chi connectivity index (χ1n) is 9.37. The Bertz CT molecular complexity index is 1490. The van der Waals surface area contributed by atoms with Crippen LogP contribution in [-0.4, -0.2) is 26.7 Å². The van der Waals surface area contributed by atoms with Crippen LogP contribution in [0.15, 0.2) is 65.6 Å². The number of pyridine rings is 2. The van der Waals surface area contributed by atoms with Crippen LogP contribution in [0.4, 0.5) is 4.39 Å². The fourth-order valence-corrected chi connectivity index (χ4v) is 3.56. The SMILES string of the molecule is COc1cc(F)cc(-c2ccc3nc(-c4[nH]c5ccccc5c(=O)c4C)nn3c2)c1. The Kier molecular flexibility index (Phi) is 4.10. The zero-order chi connectivity index (χ0) is 20.8. The van der Waals surface area contributed by atoms with Crippen molar-refractivity contribution in [3.63, 3.8) is 0 Å². The lowest BCUT2D eigenvalue weighted by Gasteiger charge is -2.06. The minimum absolute atomic E-state index is 0.0502. The second kappa shape index (κ2) is 6.81. The molecule has 0 amide bonds. The Morgan fingerprint density at radius 1 is 1.07 bits per heavy atom. The highest BCUT2D eigenvalue weighted by Gasteiger charge is 2.15. The number of halogens is 1. The van der Waals surface area contributed by atoms with E-state index in [1.807, 2.05) is 24.3 Å². The Hall–Kier alpha value is -4.00. The molecule has 0 atom stereocenters. The van der Waals surface area contributed by atoms with E-state index in [1.165, 1.54) is 19.2 Å². The molecule has 1 N–H and O–H groups in total. The molecule has 148 valence electrons. The first kappa shape index (κ1) is 18.1. The standard InChI is InChI=1S/C23H17FN4O2/c1-13-21(25-19-6-4-3-5-18(19)22(13)29)23-26-20-8-7-14(12-28(20)27-23)15-9-16(24)11-17(10-15)30-2/h3-12H,1-2H3,(H,25,29). The van der Waals surface area contributed by atoms with E-state index >= 15 is 0 Å². The lowest BCUT2D eigenvalue weighted by atomic mass is 10.1. The van der Waals surface area contributed by atoms with Crippen molar-refractivity contribution in [1.29, 1.82) is 0 Å². The molecule has 3 heterocycles. The van der Waals surface area contributed by atoms with Gasteiger partial charge in [-0.1, -0.05) is 12.1 Å². The van der Waals surface area contributed by atoms with Crippen LogP contribution >= 0.6 is 0 Å². The van der Waals surface area contributed by atoms with Crippen LogP contribution in [0, 0.1) is 12.7 Å². The molecule has 0 bridgehead atoms. The topological polar surface area (TPSA) is 72.3 Å². The summed E-state index contributed by atoms with van der Waals surface area (Å²) in [5.41, 5.74) is 3.86. The second-order valence-electron chi connectivity index (χ2n) is 7.04. The normalized spacial score (nSPS) is 11.3. The van der Waals surface area contributed by atoms with Crippen molar-refractivity contribution in [2.75, 3.05) is 7.11 Å². The second-order valence-corrected chi connectivity index (χ2v) is 7.04. The Morgan fingerprint density at radius 3 is 2.73 bits per heavy atom. The molecule has 0 aliphatic carbocycles. The number of H-pyrrole nitrogens is 1. The Balaban J connectivity index is 1.65. The highest BCUT2D eigenvalue weighted by atomic mass is 19.1. The number of nitrogens with one attached hydrogen (secondary N) is 1. The summed E-state index contributed by atoms with van der Waals surface area (Å²) in [7, 11) is 1.50. The monoisotopic (exact) mass is 400 g/mol. The summed E-state index contributed by atoms with van der Waals surface area (Å²) < 4.78 is 20.7. The van der Waals surface area contributed by atoms with Gasteiger partial charge in [0.05, 0.1) is 12.8 Å². The maximum absolute atomic E-state index is 13.9. The first-order chi connectivity index (χ1) is 14.5. The zero-order valence-electron chi connectivity index (χ0n) is 16.3. The van der Waals surface area contributed by atoms with Crippen molar-refractivity contribution in [3.8, 4) is 28.4 Å². The smallest absolute Gasteiger partial charge is 0.198 e. The fourth-order valence-electron chi connectivity index (χ4n) is 3.56. The number of aromatic amines is 1. The van der Waals surface area contributed by atoms with Crippen molar-refractivity contribution < 1.29 is 9.13 Å². The van der Waals surface area contributed by atoms with Gasteiger partial charge in [-0.25, -0.2) is 13.9 Å². The number of nitrogens with zero attached hydrogens (tertiary/aromatic N) is 3. The van der Waals surface area contributed by atoms with Crippen LogP contribution in [0.2, 0.25) is 0 Å². The molecule has 0 saturated heterocycles. The van der Waals surface area contributed by atoms with Crippen LogP contribution < -0.4 is 10.2 Å². The highest BCUT2D eigenvalue weighted by molar-refractivity contribution is 5.82. The third-order valence-electron chi connectivity index (χ3n) is 5.14. The van der Waals surface area contributed by atoms with E-state index in [4.69, 9.17) is 4.74 Å². The summed E-state index contributed by atoms with van der Waals surface area (Å²) in [4.78, 5) is 20.6. The number of aromatic nitrogens is 4. The van der Waals surface area contributed by atoms with E-state index < -0.39 is 0 Å². The van der Waals surface area contributed by atoms with Crippen LogP contribution in [0.3, 0.4) is 0 Å². The number of methoxy groups -OCH3 is 1. The minimum Gasteiger partial charge on any atom is -0.497 e. The third-order valence-corrected chi connectivity index (χ3v) is 5.14. The first-order valence-corrected chi connectivity index (χ1v) is 9.37. The molecule has 0 saturated carbocycles. The number of para-hydroxylation sites is 1. The van der Waals surface area contributed by atoms with Crippen molar-refractivity contribution in [3.05, 3.63) is 82.4 Å². The summed E-state index contributed by atoms with van der Waals surface area (Å²) in [6.45, 7) is 1.76. The summed E-state index contributed by atoms with van der Waals surface area (Å²) in [6, 6.07) is 15.5. The molecule has 6 nitrogen and oxygen atoms in total. The number of benzene rings is 2. The predicted molar refractivity (Wildman–Crippen MR) is 113 cm³/mol. The molecule has 0 radical (unpaired) electrons. The molecule has 0 aliphatic rings. The highest BCUT2D eigenvalue weighted by Crippen LogP contribution is 2.27. The molecular formula is C23H17FN4O2. The van der Waals surface area contributed by atoms with Crippen LogP contribution in [-0.2, 0) is 0 Å². The third kappa shape index (κ3) is 2.91. The average molecular weight is 400 g/mol. The summed E-state index contributed by atoms with van der Waals surface area (Å²) in [5, 5.41) is 5.18. The molecule has 3 aromatic heterocycles. The molecule has 0 unspecified atom stereocenters. The quantitative estimate of drug-likeness (QED) is 0.488. The predicted octanol–water partition coefficient (Wildman–Crippen LogP) is 4.36. The van der Waals surface area contributed by atoms with Gasteiger partial charge in [-0.15, -0.1) is 5.10 Å². The van der Waals surface area contributed by atoms with E-state index in [2.05, 4.69) is 15.1 Å². The number of ether oxygens (including phenoxy) is 1. The van der Waals surface area contributed by atoms with Gasteiger partial charge in [0.25, 0.3) is 0 Å². The molecule has 2 aromatic carbocycles. The van der Waals surface area contributed by atoms with Gasteiger partial charge in [0.15, 0.2) is 16.9 Å². The van der Waals surface area contributed by atoms with E-state index in [0.717, 1.165) is 11.1 Å². The molecular weight excluding hydrogens is 383 g/mol. The maximum Gasteiger partial charge on any atom is 0.198 e. The van der Waals surface area contributed by atoms with Gasteiger partial charge < -0.3 is 9.72 Å². The molecule has 7 heteroatoms. The van der Waals surface area contributed by atoms with Gasteiger partial charge in [-0.2, -0.15) is 0 Å². The molecule has 0 aliphatic heterocycles. The van der Waals surface area contributed by atoms with Gasteiger partial charge in [-0.05, 0) is 48.9 Å². The molecule has 0 fully saturated rings. The summed E-state index contributed by atoms with van der Waals surface area (Å²) in [5.74, 6) is 0.478. The largest absolute Gasteiger partial charge is 0.497 e. The van der Waals surface area contributed by atoms with Crippen LogP contribution in [0.25, 0.3) is 39.2 Å². The van der Waals surface area contributed by atoms with Crippen LogP contribution in [0.1, 0.15) is 5.56 Å². The van der Waals surface area contributed by atoms with Crippen molar-refractivity contribution in [2.24, 2.45) is 0 Å². The molecule has 5 aromatic rings. The number of rotatable bonds is 3. The summed E-state index contributed by atoms with van der Waals surface area (Å²) in [6.07, 6.45) is 1.77. The Morgan fingerprint density at radius 2 is 1.90 bits per heavy atom. The van der Waals surface area contributed by atoms with E-state index in [1.54, 1.807) is 35.8 Å². The molecule has 5 rings (SSSR count). The van der Waals surface area contributed by atoms with Gasteiger partial charge >= 0.3 is 0 Å². The summed E-state index contributed by atoms with van der Waals surface area (Å²) >= 11 is 0. The number of hydrogen-bond donors (Lipinski definition) is 1. The lowest BCUT2D eigenvalue weighted by molar-refractivity contribution is 0.411. The van der Waals surface area contributed by atoms with Crippen molar-refractivity contribution in [1.82, 2.24) is 19.6 Å². The lowest BCUT2D eigenvalue weighted by Crippen LogP contribution is -2.09.